The maximum absolute atomic E-state index is 2.69. The van der Waals surface area contributed by atoms with Crippen LogP contribution < -0.4 is 0 Å². The summed E-state index contributed by atoms with van der Waals surface area (Å²) in [5, 5.41) is 0. The Morgan fingerprint density at radius 3 is 1.30 bits per heavy atom. The summed E-state index contributed by atoms with van der Waals surface area (Å²) in [6, 6.07) is 0. The molecule has 0 saturated heterocycles. The van der Waals surface area contributed by atoms with Crippen LogP contribution in [0.4, 0.5) is 0 Å². The molecule has 0 nitrogen and oxygen atoms in total. The second-order valence-corrected chi connectivity index (χ2v) is 13.5. The standard InChI is InChI=1S/C30H62/c1-18-22(7)23(8)24(9)29(16,21(5)6)30(17,28(14,15)20(3)4)26(11)25(10)27(12,13)19-2/h20-26H,18-19H2,1-17H3. The normalized spacial score (nSPS) is 22.9. The van der Waals surface area contributed by atoms with Crippen LogP contribution in [0.2, 0.25) is 0 Å². The molecule has 0 aliphatic rings. The van der Waals surface area contributed by atoms with Crippen LogP contribution in [0.25, 0.3) is 0 Å². The lowest BCUT2D eigenvalue weighted by Crippen LogP contribution is -2.61. The second kappa shape index (κ2) is 10.3. The van der Waals surface area contributed by atoms with Gasteiger partial charge in [0.05, 0.1) is 0 Å². The van der Waals surface area contributed by atoms with Gasteiger partial charge in [-0.05, 0) is 63.1 Å². The first-order valence-corrected chi connectivity index (χ1v) is 13.3. The lowest BCUT2D eigenvalue weighted by Gasteiger charge is -2.67. The summed E-state index contributed by atoms with van der Waals surface area (Å²) in [7, 11) is 0. The molecule has 0 aliphatic carbocycles. The van der Waals surface area contributed by atoms with Gasteiger partial charge in [0.2, 0.25) is 0 Å². The van der Waals surface area contributed by atoms with Crippen LogP contribution in [0.3, 0.4) is 0 Å². The molecular formula is C30H62. The molecule has 0 bridgehead atoms. The minimum atomic E-state index is 0.218. The van der Waals surface area contributed by atoms with Crippen molar-refractivity contribution in [2.75, 3.05) is 0 Å². The van der Waals surface area contributed by atoms with Crippen molar-refractivity contribution >= 4 is 0 Å². The summed E-state index contributed by atoms with van der Waals surface area (Å²) < 4.78 is 0. The summed E-state index contributed by atoms with van der Waals surface area (Å²) in [6.07, 6.45) is 2.52. The summed E-state index contributed by atoms with van der Waals surface area (Å²) >= 11 is 0. The van der Waals surface area contributed by atoms with E-state index in [-0.39, 0.29) is 16.2 Å². The van der Waals surface area contributed by atoms with E-state index in [0.717, 1.165) is 11.8 Å². The number of rotatable bonds is 12. The molecule has 0 aromatic rings. The van der Waals surface area contributed by atoms with Crippen LogP contribution in [0.15, 0.2) is 0 Å². The highest BCUT2D eigenvalue weighted by atomic mass is 14.7. The Morgan fingerprint density at radius 1 is 0.567 bits per heavy atom. The molecule has 0 spiro atoms. The Hall–Kier alpha value is 0. The molecule has 0 N–H and O–H groups in total. The van der Waals surface area contributed by atoms with Crippen LogP contribution >= 0.6 is 0 Å². The Kier molecular flexibility index (Phi) is 10.3. The number of hydrogen-bond acceptors (Lipinski definition) is 0. The monoisotopic (exact) mass is 422 g/mol. The Labute approximate surface area is 193 Å². The third-order valence-corrected chi connectivity index (χ3v) is 12.2. The minimum Gasteiger partial charge on any atom is -0.0651 e. The lowest BCUT2D eigenvalue weighted by molar-refractivity contribution is -0.189. The van der Waals surface area contributed by atoms with Crippen molar-refractivity contribution < 1.29 is 0 Å². The van der Waals surface area contributed by atoms with E-state index in [9.17, 15) is 0 Å². The van der Waals surface area contributed by atoms with Crippen molar-refractivity contribution in [1.29, 1.82) is 0 Å². The minimum absolute atomic E-state index is 0.218. The highest BCUT2D eigenvalue weighted by molar-refractivity contribution is 5.09. The molecule has 0 aromatic heterocycles. The van der Waals surface area contributed by atoms with Crippen molar-refractivity contribution in [2.24, 2.45) is 63.1 Å². The van der Waals surface area contributed by atoms with Gasteiger partial charge in [0.1, 0.15) is 0 Å². The van der Waals surface area contributed by atoms with E-state index < -0.39 is 0 Å². The zero-order chi connectivity index (χ0) is 24.5. The summed E-state index contributed by atoms with van der Waals surface area (Å²) in [6.45, 7) is 43.0. The van der Waals surface area contributed by atoms with Gasteiger partial charge < -0.3 is 0 Å². The van der Waals surface area contributed by atoms with Crippen LogP contribution in [-0.4, -0.2) is 0 Å². The molecule has 0 amide bonds. The molecule has 0 aliphatic heterocycles. The van der Waals surface area contributed by atoms with Crippen molar-refractivity contribution in [3.63, 3.8) is 0 Å². The third-order valence-electron chi connectivity index (χ3n) is 12.2. The molecule has 0 saturated carbocycles. The van der Waals surface area contributed by atoms with E-state index in [1.165, 1.54) is 12.8 Å². The van der Waals surface area contributed by atoms with Crippen LogP contribution in [0.5, 0.6) is 0 Å². The molecule has 0 rings (SSSR count). The molecule has 0 heteroatoms. The van der Waals surface area contributed by atoms with Gasteiger partial charge in [0.15, 0.2) is 0 Å². The molecule has 182 valence electrons. The fraction of sp³-hybridized carbons (Fsp3) is 1.00. The summed E-state index contributed by atoms with van der Waals surface area (Å²) in [5.74, 6) is 4.77. The van der Waals surface area contributed by atoms with E-state index in [1.54, 1.807) is 0 Å². The number of hydrogen-bond donors (Lipinski definition) is 0. The maximum atomic E-state index is 2.69. The van der Waals surface area contributed by atoms with Gasteiger partial charge in [0, 0.05) is 0 Å². The lowest BCUT2D eigenvalue weighted by atomic mass is 9.38. The van der Waals surface area contributed by atoms with Gasteiger partial charge in [-0.3, -0.25) is 0 Å². The largest absolute Gasteiger partial charge is 0.0651 e. The van der Waals surface area contributed by atoms with Gasteiger partial charge in [-0.2, -0.15) is 0 Å². The molecule has 0 fully saturated rings. The van der Waals surface area contributed by atoms with Crippen molar-refractivity contribution in [3.05, 3.63) is 0 Å². The van der Waals surface area contributed by atoms with Gasteiger partial charge in [-0.25, -0.2) is 0 Å². The fourth-order valence-corrected chi connectivity index (χ4v) is 6.88. The molecule has 0 radical (unpaired) electrons. The molecule has 7 unspecified atom stereocenters. The second-order valence-electron chi connectivity index (χ2n) is 13.5. The zero-order valence-corrected chi connectivity index (χ0v) is 24.5. The summed E-state index contributed by atoms with van der Waals surface area (Å²) in [4.78, 5) is 0. The average Bonchev–Trinajstić information content (AvgIpc) is 2.68. The molecule has 30 heavy (non-hydrogen) atoms. The van der Waals surface area contributed by atoms with Crippen molar-refractivity contribution in [1.82, 2.24) is 0 Å². The maximum Gasteiger partial charge on any atom is -0.0185 e. The van der Waals surface area contributed by atoms with Crippen LogP contribution in [0.1, 0.15) is 131 Å². The smallest absolute Gasteiger partial charge is 0.0185 e. The third kappa shape index (κ3) is 4.83. The zero-order valence-electron chi connectivity index (χ0n) is 24.5. The molecular weight excluding hydrogens is 360 g/mol. The Balaban J connectivity index is 7.01. The van der Waals surface area contributed by atoms with E-state index >= 15 is 0 Å². The highest BCUT2D eigenvalue weighted by Crippen LogP contribution is 2.67. The highest BCUT2D eigenvalue weighted by Gasteiger charge is 2.62. The Morgan fingerprint density at radius 2 is 1.00 bits per heavy atom. The van der Waals surface area contributed by atoms with Crippen molar-refractivity contribution in [2.45, 2.75) is 131 Å². The van der Waals surface area contributed by atoms with E-state index in [1.807, 2.05) is 0 Å². The SMILES string of the molecule is CCC(C)C(C)C(C)C(C)(C(C)C)C(C)(C(C)C(C)C(C)(C)CC)C(C)(C)C(C)C. The van der Waals surface area contributed by atoms with Crippen LogP contribution in [0, 0.1) is 63.1 Å². The van der Waals surface area contributed by atoms with Gasteiger partial charge in [-0.15, -0.1) is 0 Å². The van der Waals surface area contributed by atoms with E-state index in [2.05, 4.69) is 118 Å². The van der Waals surface area contributed by atoms with E-state index in [0.29, 0.717) is 35.0 Å². The fourth-order valence-electron chi connectivity index (χ4n) is 6.88. The van der Waals surface area contributed by atoms with Gasteiger partial charge >= 0.3 is 0 Å². The summed E-state index contributed by atoms with van der Waals surface area (Å²) in [5.41, 5.74) is 1.07. The van der Waals surface area contributed by atoms with E-state index in [4.69, 9.17) is 0 Å². The van der Waals surface area contributed by atoms with Crippen molar-refractivity contribution in [3.8, 4) is 0 Å². The topological polar surface area (TPSA) is 0 Å². The molecule has 0 aromatic carbocycles. The average molecular weight is 423 g/mol. The Bertz CT molecular complexity index is 510. The molecule has 0 heterocycles. The predicted molar refractivity (Wildman–Crippen MR) is 140 cm³/mol. The first-order valence-electron chi connectivity index (χ1n) is 13.3. The van der Waals surface area contributed by atoms with Gasteiger partial charge in [0.25, 0.3) is 0 Å². The van der Waals surface area contributed by atoms with Gasteiger partial charge in [-0.1, -0.05) is 131 Å². The molecule has 7 atom stereocenters. The quantitative estimate of drug-likeness (QED) is 0.293. The first-order chi connectivity index (χ1) is 13.3. The first kappa shape index (κ1) is 30.0. The predicted octanol–water partition coefficient (Wildman–Crippen LogP) is 10.4. The van der Waals surface area contributed by atoms with Crippen LogP contribution in [-0.2, 0) is 0 Å².